The van der Waals surface area contributed by atoms with E-state index >= 15 is 0 Å². The van der Waals surface area contributed by atoms with Gasteiger partial charge in [0.25, 0.3) is 0 Å². The number of benzene rings is 2. The Kier molecular flexibility index (Phi) is 10.8. The summed E-state index contributed by atoms with van der Waals surface area (Å²) < 4.78 is 27.1. The van der Waals surface area contributed by atoms with E-state index in [2.05, 4.69) is 10.6 Å². The van der Waals surface area contributed by atoms with Crippen molar-refractivity contribution < 1.29 is 8.78 Å². The van der Waals surface area contributed by atoms with Gasteiger partial charge in [0.2, 0.25) is 0 Å². The minimum absolute atomic E-state index is 0.212. The molecule has 2 N–H and O–H groups in total. The number of aryl methyl sites for hydroxylation is 2. The highest BCUT2D eigenvalue weighted by Gasteiger charge is 2.03. The molecule has 0 atom stereocenters. The Morgan fingerprint density at radius 3 is 1.39 bits per heavy atom. The Bertz CT molecular complexity index is 686. The third kappa shape index (κ3) is 9.82. The average molecular weight is 457 g/mol. The molecule has 0 aliphatic heterocycles. The molecule has 0 radical (unpaired) electrons. The SMILES string of the molecule is Fc1ccc(CCCNC(=S)SSC(=S)NCCCc2ccc(F)cc2)cc1. The van der Waals surface area contributed by atoms with Gasteiger partial charge in [-0.25, -0.2) is 8.78 Å². The quantitative estimate of drug-likeness (QED) is 0.302. The van der Waals surface area contributed by atoms with Gasteiger partial charge in [0, 0.05) is 13.1 Å². The molecule has 0 amide bonds. The summed E-state index contributed by atoms with van der Waals surface area (Å²) in [4.78, 5) is 0. The van der Waals surface area contributed by atoms with Crippen LogP contribution < -0.4 is 10.6 Å². The van der Waals surface area contributed by atoms with Crippen molar-refractivity contribution in [2.45, 2.75) is 25.7 Å². The molecular formula is C20H22F2N2S4. The summed E-state index contributed by atoms with van der Waals surface area (Å²) >= 11 is 10.6. The predicted octanol–water partition coefficient (Wildman–Crippen LogP) is 5.66. The lowest BCUT2D eigenvalue weighted by Gasteiger charge is -2.09. The summed E-state index contributed by atoms with van der Waals surface area (Å²) in [5.74, 6) is -0.423. The second-order valence-electron chi connectivity index (χ2n) is 6.06. The normalized spacial score (nSPS) is 10.5. The maximum absolute atomic E-state index is 12.9. The summed E-state index contributed by atoms with van der Waals surface area (Å²) in [5.41, 5.74) is 2.23. The fraction of sp³-hybridized carbons (Fsp3) is 0.300. The number of halogens is 2. The number of nitrogens with one attached hydrogen (secondary N) is 2. The zero-order valence-electron chi connectivity index (χ0n) is 15.3. The predicted molar refractivity (Wildman–Crippen MR) is 126 cm³/mol. The topological polar surface area (TPSA) is 24.1 Å². The van der Waals surface area contributed by atoms with Gasteiger partial charge in [-0.2, -0.15) is 0 Å². The zero-order valence-corrected chi connectivity index (χ0v) is 18.5. The van der Waals surface area contributed by atoms with E-state index in [1.807, 2.05) is 0 Å². The molecular weight excluding hydrogens is 434 g/mol. The van der Waals surface area contributed by atoms with Crippen LogP contribution in [-0.2, 0) is 12.8 Å². The summed E-state index contributed by atoms with van der Waals surface area (Å²) in [6.07, 6.45) is 3.59. The monoisotopic (exact) mass is 456 g/mol. The molecule has 0 heterocycles. The average Bonchev–Trinajstić information content (AvgIpc) is 2.69. The molecule has 0 aromatic heterocycles. The summed E-state index contributed by atoms with van der Waals surface area (Å²) in [7, 11) is 2.86. The van der Waals surface area contributed by atoms with Crippen LogP contribution in [0.15, 0.2) is 48.5 Å². The molecule has 8 heteroatoms. The van der Waals surface area contributed by atoms with Gasteiger partial charge in [-0.15, -0.1) is 0 Å². The summed E-state index contributed by atoms with van der Waals surface area (Å²) in [5, 5.41) is 6.39. The van der Waals surface area contributed by atoms with E-state index < -0.39 is 0 Å². The van der Waals surface area contributed by atoms with Gasteiger partial charge >= 0.3 is 0 Å². The molecule has 2 rings (SSSR count). The van der Waals surface area contributed by atoms with Gasteiger partial charge in [-0.3, -0.25) is 0 Å². The fourth-order valence-electron chi connectivity index (χ4n) is 2.40. The maximum atomic E-state index is 12.9. The van der Waals surface area contributed by atoms with Crippen molar-refractivity contribution in [1.29, 1.82) is 0 Å². The molecule has 2 aromatic rings. The Morgan fingerprint density at radius 2 is 1.04 bits per heavy atom. The van der Waals surface area contributed by atoms with Crippen molar-refractivity contribution >= 4 is 54.7 Å². The molecule has 2 aromatic carbocycles. The number of rotatable bonds is 8. The highest BCUT2D eigenvalue weighted by molar-refractivity contribution is 8.89. The van der Waals surface area contributed by atoms with Crippen molar-refractivity contribution in [3.63, 3.8) is 0 Å². The van der Waals surface area contributed by atoms with Crippen LogP contribution in [-0.4, -0.2) is 21.7 Å². The van der Waals surface area contributed by atoms with Crippen LogP contribution in [0.25, 0.3) is 0 Å². The Balaban J connectivity index is 1.49. The second-order valence-corrected chi connectivity index (χ2v) is 9.54. The third-order valence-corrected chi connectivity index (χ3v) is 7.19. The van der Waals surface area contributed by atoms with Crippen LogP contribution in [0.3, 0.4) is 0 Å². The lowest BCUT2D eigenvalue weighted by atomic mass is 10.1. The van der Waals surface area contributed by atoms with Crippen molar-refractivity contribution in [2.24, 2.45) is 0 Å². The molecule has 0 saturated carbocycles. The van der Waals surface area contributed by atoms with Crippen LogP contribution in [0.4, 0.5) is 8.78 Å². The molecule has 2 nitrogen and oxygen atoms in total. The first kappa shape index (κ1) is 23.1. The standard InChI is InChI=1S/C20H22F2N2S4/c21-17-9-5-15(6-10-17)3-1-13-23-19(25)27-28-20(26)24-14-2-4-16-7-11-18(22)12-8-16/h5-12H,1-4,13-14H2,(H,23,25)(H,24,26). The minimum atomic E-state index is -0.212. The van der Waals surface area contributed by atoms with Crippen LogP contribution in [0.1, 0.15) is 24.0 Å². The molecule has 150 valence electrons. The Hall–Kier alpha value is -1.22. The van der Waals surface area contributed by atoms with E-state index in [1.54, 1.807) is 24.3 Å². The van der Waals surface area contributed by atoms with Crippen LogP contribution in [0.5, 0.6) is 0 Å². The number of hydrogen-bond acceptors (Lipinski definition) is 4. The zero-order chi connectivity index (χ0) is 20.2. The lowest BCUT2D eigenvalue weighted by molar-refractivity contribution is 0.626. The second kappa shape index (κ2) is 13.1. The van der Waals surface area contributed by atoms with Crippen molar-refractivity contribution in [2.75, 3.05) is 13.1 Å². The van der Waals surface area contributed by atoms with Gasteiger partial charge in [0.1, 0.15) is 20.3 Å². The highest BCUT2D eigenvalue weighted by atomic mass is 33.1. The molecule has 28 heavy (non-hydrogen) atoms. The van der Waals surface area contributed by atoms with E-state index in [0.717, 1.165) is 49.9 Å². The van der Waals surface area contributed by atoms with E-state index in [9.17, 15) is 8.78 Å². The van der Waals surface area contributed by atoms with Gasteiger partial charge in [0.05, 0.1) is 0 Å². The van der Waals surface area contributed by atoms with E-state index in [-0.39, 0.29) is 11.6 Å². The Morgan fingerprint density at radius 1 is 0.679 bits per heavy atom. The molecule has 0 bridgehead atoms. The molecule has 0 unspecified atom stereocenters. The molecule has 0 aliphatic carbocycles. The molecule has 0 aliphatic rings. The largest absolute Gasteiger partial charge is 0.370 e. The third-order valence-electron chi connectivity index (χ3n) is 3.84. The fourth-order valence-corrected chi connectivity index (χ4v) is 4.50. The highest BCUT2D eigenvalue weighted by Crippen LogP contribution is 2.23. The number of thiocarbonyl (C=S) groups is 2. The summed E-state index contributed by atoms with van der Waals surface area (Å²) in [6.45, 7) is 1.53. The van der Waals surface area contributed by atoms with Crippen molar-refractivity contribution in [3.05, 3.63) is 71.3 Å². The van der Waals surface area contributed by atoms with Crippen molar-refractivity contribution in [3.8, 4) is 0 Å². The van der Waals surface area contributed by atoms with Crippen LogP contribution in [0.2, 0.25) is 0 Å². The van der Waals surface area contributed by atoms with Crippen molar-refractivity contribution in [1.82, 2.24) is 10.6 Å². The first-order valence-corrected chi connectivity index (χ1v) is 11.9. The minimum Gasteiger partial charge on any atom is -0.370 e. The number of hydrogen-bond donors (Lipinski definition) is 2. The van der Waals surface area contributed by atoms with E-state index in [0.29, 0.717) is 8.64 Å². The van der Waals surface area contributed by atoms with E-state index in [1.165, 1.54) is 45.9 Å². The van der Waals surface area contributed by atoms with Crippen LogP contribution in [0, 0.1) is 11.6 Å². The lowest BCUT2D eigenvalue weighted by Crippen LogP contribution is -2.22. The van der Waals surface area contributed by atoms with Gasteiger partial charge in [-0.05, 0) is 82.7 Å². The summed E-state index contributed by atoms with van der Waals surface area (Å²) in [6, 6.07) is 13.1. The van der Waals surface area contributed by atoms with E-state index in [4.69, 9.17) is 24.4 Å². The molecule has 0 saturated heterocycles. The first-order chi connectivity index (χ1) is 13.5. The Labute approximate surface area is 183 Å². The molecule has 0 fully saturated rings. The first-order valence-electron chi connectivity index (χ1n) is 8.92. The molecule has 0 spiro atoms. The smallest absolute Gasteiger partial charge is 0.144 e. The van der Waals surface area contributed by atoms with Crippen LogP contribution >= 0.6 is 46.0 Å². The van der Waals surface area contributed by atoms with Gasteiger partial charge in [0.15, 0.2) is 0 Å². The van der Waals surface area contributed by atoms with Gasteiger partial charge in [-0.1, -0.05) is 48.7 Å². The van der Waals surface area contributed by atoms with Gasteiger partial charge < -0.3 is 10.6 Å². The maximum Gasteiger partial charge on any atom is 0.144 e.